The van der Waals surface area contributed by atoms with Crippen molar-refractivity contribution in [2.24, 2.45) is 0 Å². The normalized spacial score (nSPS) is 14.9. The highest BCUT2D eigenvalue weighted by Gasteiger charge is 2.36. The lowest BCUT2D eigenvalue weighted by Crippen LogP contribution is -2.38. The summed E-state index contributed by atoms with van der Waals surface area (Å²) in [5, 5.41) is 5.76. The largest absolute Gasteiger partial charge is 0.417 e. The number of rotatable bonds is 4. The van der Waals surface area contributed by atoms with Gasteiger partial charge < -0.3 is 4.90 Å². The van der Waals surface area contributed by atoms with E-state index in [-0.39, 0.29) is 17.4 Å². The number of alkyl halides is 3. The van der Waals surface area contributed by atoms with Crippen LogP contribution in [0.25, 0.3) is 10.2 Å². The summed E-state index contributed by atoms with van der Waals surface area (Å²) < 4.78 is 40.9. The predicted molar refractivity (Wildman–Crippen MR) is 129 cm³/mol. The van der Waals surface area contributed by atoms with Gasteiger partial charge in [-0.05, 0) is 37.1 Å². The van der Waals surface area contributed by atoms with Gasteiger partial charge in [-0.3, -0.25) is 14.9 Å². The minimum Gasteiger partial charge on any atom is -0.339 e. The Hall–Kier alpha value is -3.31. The van der Waals surface area contributed by atoms with Crippen LogP contribution in [-0.2, 0) is 6.18 Å². The quantitative estimate of drug-likeness (QED) is 0.359. The molecule has 2 aromatic heterocycles. The van der Waals surface area contributed by atoms with E-state index in [1.165, 1.54) is 45.8 Å². The molecular formula is C24H19F3N4O2S2. The number of para-hydroxylation sites is 1. The molecule has 1 fully saturated rings. The molecule has 6 nitrogen and oxygen atoms in total. The van der Waals surface area contributed by atoms with E-state index in [1.807, 2.05) is 24.3 Å². The first kappa shape index (κ1) is 23.4. The van der Waals surface area contributed by atoms with Crippen LogP contribution >= 0.6 is 22.7 Å². The SMILES string of the molecule is O=C(Nc1nc2ccccc2s1)c1csc(C2CCN(C(=O)c3ccccc3C(F)(F)F)CC2)n1. The van der Waals surface area contributed by atoms with Crippen LogP contribution in [0, 0.1) is 0 Å². The first-order valence-corrected chi connectivity index (χ1v) is 12.6. The second-order valence-corrected chi connectivity index (χ2v) is 10.0. The first-order chi connectivity index (χ1) is 16.8. The van der Waals surface area contributed by atoms with Crippen molar-refractivity contribution in [2.45, 2.75) is 24.9 Å². The molecule has 4 aromatic rings. The molecule has 1 N–H and O–H groups in total. The standard InChI is InChI=1S/C24H19F3N4O2S2/c25-24(26,27)16-6-2-1-5-15(16)22(33)31-11-9-14(10-12-31)21-28-18(13-34-21)20(32)30-23-29-17-7-3-4-8-19(17)35-23/h1-8,13-14H,9-12H2,(H,29,30,32). The maximum absolute atomic E-state index is 13.3. The van der Waals surface area contributed by atoms with Crippen LogP contribution in [0.3, 0.4) is 0 Å². The number of carbonyl (C=O) groups excluding carboxylic acids is 2. The van der Waals surface area contributed by atoms with Crippen LogP contribution in [0.1, 0.15) is 50.2 Å². The van der Waals surface area contributed by atoms with E-state index in [1.54, 1.807) is 5.38 Å². The van der Waals surface area contributed by atoms with Crippen molar-refractivity contribution >= 4 is 49.8 Å². The van der Waals surface area contributed by atoms with E-state index >= 15 is 0 Å². The number of nitrogens with zero attached hydrogens (tertiary/aromatic N) is 3. The highest BCUT2D eigenvalue weighted by atomic mass is 32.1. The van der Waals surface area contributed by atoms with Crippen LogP contribution in [-0.4, -0.2) is 39.8 Å². The van der Waals surface area contributed by atoms with Crippen LogP contribution in [0.15, 0.2) is 53.9 Å². The average Bonchev–Trinajstić information content (AvgIpc) is 3.50. The van der Waals surface area contributed by atoms with Crippen LogP contribution in [0.2, 0.25) is 0 Å². The fourth-order valence-corrected chi connectivity index (χ4v) is 5.92. The molecular weight excluding hydrogens is 497 g/mol. The maximum Gasteiger partial charge on any atom is 0.417 e. The smallest absolute Gasteiger partial charge is 0.339 e. The lowest BCUT2D eigenvalue weighted by molar-refractivity contribution is -0.138. The fraction of sp³-hybridized carbons (Fsp3) is 0.250. The monoisotopic (exact) mass is 516 g/mol. The Morgan fingerprint density at radius 3 is 2.46 bits per heavy atom. The van der Waals surface area contributed by atoms with Gasteiger partial charge in [-0.15, -0.1) is 11.3 Å². The van der Waals surface area contributed by atoms with Gasteiger partial charge in [0.25, 0.3) is 11.8 Å². The Morgan fingerprint density at radius 2 is 1.71 bits per heavy atom. The molecule has 5 rings (SSSR count). The zero-order valence-corrected chi connectivity index (χ0v) is 19.8. The lowest BCUT2D eigenvalue weighted by Gasteiger charge is -2.31. The van der Waals surface area contributed by atoms with E-state index in [4.69, 9.17) is 0 Å². The van der Waals surface area contributed by atoms with Crippen molar-refractivity contribution in [1.82, 2.24) is 14.9 Å². The predicted octanol–water partition coefficient (Wildman–Crippen LogP) is 6.04. The zero-order valence-electron chi connectivity index (χ0n) is 18.2. The molecule has 3 heterocycles. The number of likely N-dealkylation sites (tertiary alicyclic amines) is 1. The Kier molecular flexibility index (Phi) is 6.28. The molecule has 0 bridgehead atoms. The Bertz CT molecular complexity index is 1360. The van der Waals surface area contributed by atoms with E-state index in [0.29, 0.717) is 36.8 Å². The molecule has 0 radical (unpaired) electrons. The molecule has 1 aliphatic rings. The number of amides is 2. The van der Waals surface area contributed by atoms with Gasteiger partial charge in [0, 0.05) is 24.4 Å². The van der Waals surface area contributed by atoms with Gasteiger partial charge >= 0.3 is 6.18 Å². The minimum absolute atomic E-state index is 0.0333. The number of anilines is 1. The van der Waals surface area contributed by atoms with Crippen LogP contribution in [0.4, 0.5) is 18.3 Å². The number of nitrogens with one attached hydrogen (secondary N) is 1. The van der Waals surface area contributed by atoms with Gasteiger partial charge in [-0.25, -0.2) is 9.97 Å². The number of halogens is 3. The summed E-state index contributed by atoms with van der Waals surface area (Å²) in [6.07, 6.45) is -3.47. The molecule has 35 heavy (non-hydrogen) atoms. The topological polar surface area (TPSA) is 75.2 Å². The van der Waals surface area contributed by atoms with E-state index in [0.717, 1.165) is 21.3 Å². The lowest BCUT2D eigenvalue weighted by atomic mass is 9.96. The number of carbonyl (C=O) groups is 2. The third kappa shape index (κ3) is 4.92. The third-order valence-electron chi connectivity index (χ3n) is 5.86. The van der Waals surface area contributed by atoms with Gasteiger partial charge in [-0.2, -0.15) is 13.2 Å². The van der Waals surface area contributed by atoms with Crippen molar-refractivity contribution in [3.63, 3.8) is 0 Å². The number of thiazole rings is 2. The molecule has 1 aliphatic heterocycles. The molecule has 0 spiro atoms. The Labute approximate surface area is 206 Å². The summed E-state index contributed by atoms with van der Waals surface area (Å²) in [7, 11) is 0. The molecule has 2 aromatic carbocycles. The zero-order chi connectivity index (χ0) is 24.6. The van der Waals surface area contributed by atoms with Gasteiger partial charge in [0.15, 0.2) is 5.13 Å². The summed E-state index contributed by atoms with van der Waals surface area (Å²) >= 11 is 2.75. The molecule has 11 heteroatoms. The Morgan fingerprint density at radius 1 is 1.00 bits per heavy atom. The van der Waals surface area contributed by atoms with Crippen molar-refractivity contribution in [2.75, 3.05) is 18.4 Å². The summed E-state index contributed by atoms with van der Waals surface area (Å²) in [4.78, 5) is 35.8. The van der Waals surface area contributed by atoms with Crippen molar-refractivity contribution in [3.05, 3.63) is 75.7 Å². The van der Waals surface area contributed by atoms with E-state index < -0.39 is 17.6 Å². The summed E-state index contributed by atoms with van der Waals surface area (Å²) in [6, 6.07) is 12.5. The van der Waals surface area contributed by atoms with E-state index in [2.05, 4.69) is 15.3 Å². The van der Waals surface area contributed by atoms with Gasteiger partial charge in [0.2, 0.25) is 0 Å². The minimum atomic E-state index is -4.59. The van der Waals surface area contributed by atoms with Crippen LogP contribution in [0.5, 0.6) is 0 Å². The summed E-state index contributed by atoms with van der Waals surface area (Å²) in [6.45, 7) is 0.644. The highest BCUT2D eigenvalue weighted by Crippen LogP contribution is 2.35. The Balaban J connectivity index is 1.22. The second kappa shape index (κ2) is 9.38. The summed E-state index contributed by atoms with van der Waals surface area (Å²) in [5.41, 5.74) is -0.148. The summed E-state index contributed by atoms with van der Waals surface area (Å²) in [5.74, 6) is -0.930. The number of piperidine rings is 1. The van der Waals surface area contributed by atoms with E-state index in [9.17, 15) is 22.8 Å². The number of aromatic nitrogens is 2. The second-order valence-electron chi connectivity index (χ2n) is 8.12. The van der Waals surface area contributed by atoms with Crippen LogP contribution < -0.4 is 5.32 Å². The molecule has 0 atom stereocenters. The molecule has 1 saturated heterocycles. The number of benzene rings is 2. The fourth-order valence-electron chi connectivity index (χ4n) is 4.08. The highest BCUT2D eigenvalue weighted by molar-refractivity contribution is 7.22. The first-order valence-electron chi connectivity index (χ1n) is 10.9. The third-order valence-corrected chi connectivity index (χ3v) is 7.82. The van der Waals surface area contributed by atoms with Crippen molar-refractivity contribution in [1.29, 1.82) is 0 Å². The molecule has 0 saturated carbocycles. The van der Waals surface area contributed by atoms with Crippen molar-refractivity contribution < 1.29 is 22.8 Å². The van der Waals surface area contributed by atoms with Gasteiger partial charge in [-0.1, -0.05) is 35.6 Å². The van der Waals surface area contributed by atoms with Crippen molar-refractivity contribution in [3.8, 4) is 0 Å². The van der Waals surface area contributed by atoms with Gasteiger partial charge in [0.1, 0.15) is 5.69 Å². The number of fused-ring (bicyclic) bond motifs is 1. The maximum atomic E-state index is 13.3. The molecule has 0 unspecified atom stereocenters. The average molecular weight is 517 g/mol. The number of hydrogen-bond acceptors (Lipinski definition) is 6. The molecule has 0 aliphatic carbocycles. The molecule has 180 valence electrons. The molecule has 2 amide bonds. The number of hydrogen-bond donors (Lipinski definition) is 1. The van der Waals surface area contributed by atoms with Gasteiger partial charge in [0.05, 0.1) is 26.4 Å².